The zero-order valence-corrected chi connectivity index (χ0v) is 19.4. The number of benzene rings is 4. The maximum absolute atomic E-state index is 12.0. The molecule has 0 aliphatic carbocycles. The van der Waals surface area contributed by atoms with E-state index in [1.165, 1.54) is 10.8 Å². The molecule has 4 aromatic carbocycles. The molecule has 0 aliphatic rings. The highest BCUT2D eigenvalue weighted by Crippen LogP contribution is 2.27. The van der Waals surface area contributed by atoms with Crippen molar-refractivity contribution in [1.82, 2.24) is 5.43 Å². The van der Waals surface area contributed by atoms with Crippen molar-refractivity contribution in [2.45, 2.75) is 13.0 Å². The van der Waals surface area contributed by atoms with Crippen LogP contribution in [0.4, 0.5) is 0 Å². The van der Waals surface area contributed by atoms with Gasteiger partial charge in [0.05, 0.1) is 17.1 Å². The van der Waals surface area contributed by atoms with E-state index in [9.17, 15) is 4.79 Å². The first-order valence-electron chi connectivity index (χ1n) is 10.0. The predicted octanol–water partition coefficient (Wildman–Crippen LogP) is 6.53. The minimum Gasteiger partial charge on any atom is -0.488 e. The highest BCUT2D eigenvalue weighted by Gasteiger charge is 2.06. The Morgan fingerprint density at radius 2 is 1.78 bits per heavy atom. The Morgan fingerprint density at radius 3 is 2.59 bits per heavy atom. The monoisotopic (exact) mass is 506 g/mol. The number of fused-ring (bicyclic) bond motifs is 1. The number of amides is 1. The van der Waals surface area contributed by atoms with Crippen molar-refractivity contribution >= 4 is 50.4 Å². The normalized spacial score (nSPS) is 11.1. The van der Waals surface area contributed by atoms with E-state index in [1.807, 2.05) is 48.5 Å². The average molecular weight is 508 g/mol. The number of hydrazone groups is 1. The Labute approximate surface area is 200 Å². The van der Waals surface area contributed by atoms with Crippen molar-refractivity contribution in [3.8, 4) is 5.75 Å². The molecule has 1 amide bonds. The summed E-state index contributed by atoms with van der Waals surface area (Å²) in [6.07, 6.45) is 1.83. The van der Waals surface area contributed by atoms with Gasteiger partial charge in [0.2, 0.25) is 5.91 Å². The van der Waals surface area contributed by atoms with E-state index in [1.54, 1.807) is 18.3 Å². The predicted molar refractivity (Wildman–Crippen MR) is 133 cm³/mol. The van der Waals surface area contributed by atoms with E-state index in [0.717, 1.165) is 26.9 Å². The number of rotatable bonds is 7. The average Bonchev–Trinajstić information content (AvgIpc) is 2.80. The molecule has 0 spiro atoms. The summed E-state index contributed by atoms with van der Waals surface area (Å²) in [6, 6.07) is 27.3. The van der Waals surface area contributed by atoms with E-state index in [2.05, 4.69) is 50.7 Å². The highest BCUT2D eigenvalue weighted by atomic mass is 79.9. The minimum atomic E-state index is -0.197. The summed E-state index contributed by atoms with van der Waals surface area (Å²) >= 11 is 9.42. The lowest BCUT2D eigenvalue weighted by Crippen LogP contribution is -2.19. The molecule has 0 radical (unpaired) electrons. The number of hydrogen-bond acceptors (Lipinski definition) is 3. The van der Waals surface area contributed by atoms with Crippen LogP contribution >= 0.6 is 27.5 Å². The quantitative estimate of drug-likeness (QED) is 0.228. The van der Waals surface area contributed by atoms with Gasteiger partial charge in [0.15, 0.2) is 0 Å². The molecule has 0 saturated carbocycles. The van der Waals surface area contributed by atoms with Crippen LogP contribution in [0.15, 0.2) is 94.5 Å². The lowest BCUT2D eigenvalue weighted by Gasteiger charge is -2.11. The smallest absolute Gasteiger partial charge is 0.244 e. The molecule has 1 N–H and O–H groups in total. The van der Waals surface area contributed by atoms with Gasteiger partial charge in [-0.1, -0.05) is 66.2 Å². The van der Waals surface area contributed by atoms with E-state index < -0.39 is 0 Å². The van der Waals surface area contributed by atoms with Gasteiger partial charge in [0, 0.05) is 5.02 Å². The van der Waals surface area contributed by atoms with Gasteiger partial charge < -0.3 is 4.74 Å². The van der Waals surface area contributed by atoms with E-state index in [-0.39, 0.29) is 12.3 Å². The van der Waals surface area contributed by atoms with Crippen LogP contribution in [0.25, 0.3) is 10.8 Å². The van der Waals surface area contributed by atoms with Gasteiger partial charge in [-0.15, -0.1) is 0 Å². The molecule has 0 aliphatic heterocycles. The molecule has 0 unspecified atom stereocenters. The highest BCUT2D eigenvalue weighted by molar-refractivity contribution is 9.10. The van der Waals surface area contributed by atoms with Crippen LogP contribution in [0, 0.1) is 0 Å². The number of hydrogen-bond donors (Lipinski definition) is 1. The van der Waals surface area contributed by atoms with Gasteiger partial charge in [-0.2, -0.15) is 5.10 Å². The van der Waals surface area contributed by atoms with Gasteiger partial charge in [-0.3, -0.25) is 4.79 Å². The van der Waals surface area contributed by atoms with E-state index >= 15 is 0 Å². The summed E-state index contributed by atoms with van der Waals surface area (Å²) in [4.78, 5) is 12.0. The van der Waals surface area contributed by atoms with Crippen molar-refractivity contribution in [3.63, 3.8) is 0 Å². The van der Waals surface area contributed by atoms with Gasteiger partial charge in [-0.25, -0.2) is 5.43 Å². The Balaban J connectivity index is 1.34. The molecule has 0 atom stereocenters. The molecular formula is C26H20BrClN2O2. The number of carbonyl (C=O) groups excluding carboxylic acids is 1. The fraction of sp³-hybridized carbons (Fsp3) is 0.0769. The third-order valence-corrected chi connectivity index (χ3v) is 5.77. The van der Waals surface area contributed by atoms with Crippen molar-refractivity contribution in [2.24, 2.45) is 5.10 Å². The number of ether oxygens (including phenoxy) is 1. The SMILES string of the molecule is O=C(Cc1ccc(Cl)cc1)N/N=C\c1ccc(OCc2cccc3ccccc23)c(Br)c1. The zero-order chi connectivity index (χ0) is 22.3. The molecule has 0 saturated heterocycles. The first-order valence-corrected chi connectivity index (χ1v) is 11.2. The second-order valence-corrected chi connectivity index (χ2v) is 8.50. The minimum absolute atomic E-state index is 0.197. The summed E-state index contributed by atoms with van der Waals surface area (Å²) in [5.41, 5.74) is 5.38. The topological polar surface area (TPSA) is 50.7 Å². The molecular weight excluding hydrogens is 488 g/mol. The first-order chi connectivity index (χ1) is 15.6. The number of halogens is 2. The zero-order valence-electron chi connectivity index (χ0n) is 17.1. The lowest BCUT2D eigenvalue weighted by atomic mass is 10.1. The third-order valence-electron chi connectivity index (χ3n) is 4.90. The molecule has 4 nitrogen and oxygen atoms in total. The molecule has 0 fully saturated rings. The first kappa shape index (κ1) is 22.1. The number of nitrogens with one attached hydrogen (secondary N) is 1. The molecule has 4 aromatic rings. The fourth-order valence-corrected chi connectivity index (χ4v) is 3.93. The van der Waals surface area contributed by atoms with Crippen molar-refractivity contribution < 1.29 is 9.53 Å². The van der Waals surface area contributed by atoms with Crippen LogP contribution < -0.4 is 10.2 Å². The second kappa shape index (κ2) is 10.4. The van der Waals surface area contributed by atoms with Crippen LogP contribution in [-0.2, 0) is 17.8 Å². The maximum atomic E-state index is 12.0. The molecule has 4 rings (SSSR count). The third kappa shape index (κ3) is 5.75. The molecule has 0 heterocycles. The van der Waals surface area contributed by atoms with Gasteiger partial charge >= 0.3 is 0 Å². The summed E-state index contributed by atoms with van der Waals surface area (Å²) in [5, 5.41) is 7.06. The van der Waals surface area contributed by atoms with Crippen LogP contribution in [0.5, 0.6) is 5.75 Å². The van der Waals surface area contributed by atoms with Crippen LogP contribution in [0.1, 0.15) is 16.7 Å². The van der Waals surface area contributed by atoms with Crippen LogP contribution in [-0.4, -0.2) is 12.1 Å². The Morgan fingerprint density at radius 1 is 1.00 bits per heavy atom. The van der Waals surface area contributed by atoms with E-state index in [4.69, 9.17) is 16.3 Å². The summed E-state index contributed by atoms with van der Waals surface area (Å²) in [5.74, 6) is 0.541. The molecule has 0 bridgehead atoms. The van der Waals surface area contributed by atoms with Gasteiger partial charge in [0.1, 0.15) is 12.4 Å². The summed E-state index contributed by atoms with van der Waals surface area (Å²) in [6.45, 7) is 0.466. The lowest BCUT2D eigenvalue weighted by molar-refractivity contribution is -0.120. The van der Waals surface area contributed by atoms with Crippen molar-refractivity contribution in [1.29, 1.82) is 0 Å². The standard InChI is InChI=1S/C26H20BrClN2O2/c27-24-14-19(16-29-30-26(31)15-18-8-11-22(28)12-9-18)10-13-25(24)32-17-21-6-3-5-20-4-1-2-7-23(20)21/h1-14,16H,15,17H2,(H,30,31)/b29-16-. The van der Waals surface area contributed by atoms with Crippen LogP contribution in [0.3, 0.4) is 0 Å². The Hall–Kier alpha value is -3.15. The number of carbonyl (C=O) groups is 1. The van der Waals surface area contributed by atoms with Gasteiger partial charge in [-0.05, 0) is 73.7 Å². The van der Waals surface area contributed by atoms with Crippen molar-refractivity contribution in [2.75, 3.05) is 0 Å². The fourth-order valence-electron chi connectivity index (χ4n) is 3.29. The van der Waals surface area contributed by atoms with Crippen LogP contribution in [0.2, 0.25) is 5.02 Å². The second-order valence-electron chi connectivity index (χ2n) is 7.21. The molecule has 6 heteroatoms. The summed E-state index contributed by atoms with van der Waals surface area (Å²) in [7, 11) is 0. The maximum Gasteiger partial charge on any atom is 0.244 e. The molecule has 0 aromatic heterocycles. The van der Waals surface area contributed by atoms with E-state index in [0.29, 0.717) is 11.6 Å². The molecule has 160 valence electrons. The Kier molecular flexibility index (Phi) is 7.20. The Bertz CT molecular complexity index is 1270. The largest absolute Gasteiger partial charge is 0.488 e. The summed E-state index contributed by atoms with van der Waals surface area (Å²) < 4.78 is 6.85. The van der Waals surface area contributed by atoms with Crippen molar-refractivity contribution in [3.05, 3.63) is 111 Å². The molecule has 32 heavy (non-hydrogen) atoms. The number of nitrogens with zero attached hydrogens (tertiary/aromatic N) is 1. The van der Waals surface area contributed by atoms with Gasteiger partial charge in [0.25, 0.3) is 0 Å².